The Morgan fingerprint density at radius 1 is 1.30 bits per heavy atom. The van der Waals surface area contributed by atoms with Gasteiger partial charge in [0, 0.05) is 18.2 Å². The average Bonchev–Trinajstić information content (AvgIpc) is 3.01. The molecule has 1 aliphatic rings. The molecule has 0 radical (unpaired) electrons. The maximum atomic E-state index is 12.1. The van der Waals surface area contributed by atoms with Crippen molar-refractivity contribution in [3.8, 4) is 5.75 Å². The van der Waals surface area contributed by atoms with Gasteiger partial charge in [-0.1, -0.05) is 0 Å². The van der Waals surface area contributed by atoms with E-state index in [2.05, 4.69) is 16.0 Å². The Hall–Kier alpha value is -2.61. The molecule has 1 saturated heterocycles. The second kappa shape index (κ2) is 7.59. The predicted octanol–water partition coefficient (Wildman–Crippen LogP) is -0.644. The van der Waals surface area contributed by atoms with E-state index in [0.717, 1.165) is 0 Å². The van der Waals surface area contributed by atoms with Crippen molar-refractivity contribution in [1.82, 2.24) is 16.0 Å². The van der Waals surface area contributed by atoms with Crippen molar-refractivity contribution in [2.75, 3.05) is 20.2 Å². The first-order valence-corrected chi connectivity index (χ1v) is 7.17. The smallest absolute Gasteiger partial charge is 0.322 e. The number of hydrogen-bond donors (Lipinski definition) is 4. The van der Waals surface area contributed by atoms with Crippen LogP contribution in [0.3, 0.4) is 0 Å². The number of nitrogens with one attached hydrogen (secondary N) is 3. The Labute approximate surface area is 133 Å². The first-order chi connectivity index (χ1) is 11.0. The molecule has 1 aromatic carbocycles. The number of rotatable bonds is 6. The molecule has 2 rings (SSSR count). The fourth-order valence-electron chi connectivity index (χ4n) is 2.34. The fourth-order valence-corrected chi connectivity index (χ4v) is 2.34. The Balaban J connectivity index is 1.83. The summed E-state index contributed by atoms with van der Waals surface area (Å²) < 4.78 is 5.03. The molecule has 0 unspecified atom stereocenters. The highest BCUT2D eigenvalue weighted by Gasteiger charge is 2.30. The van der Waals surface area contributed by atoms with Gasteiger partial charge < -0.3 is 25.8 Å². The number of aliphatic carboxylic acids is 1. The van der Waals surface area contributed by atoms with Crippen LogP contribution >= 0.6 is 0 Å². The first kappa shape index (κ1) is 16.8. The molecular weight excluding hydrogens is 302 g/mol. The lowest BCUT2D eigenvalue weighted by molar-refractivity contribution is -0.138. The van der Waals surface area contributed by atoms with E-state index < -0.39 is 18.6 Å². The number of carboxylic acid groups (broad SMARTS) is 1. The summed E-state index contributed by atoms with van der Waals surface area (Å²) in [5, 5.41) is 16.7. The molecule has 0 aromatic heterocycles. The quantitative estimate of drug-likeness (QED) is 0.553. The summed E-state index contributed by atoms with van der Waals surface area (Å²) in [5.74, 6) is -1.04. The minimum atomic E-state index is -1.10. The zero-order valence-corrected chi connectivity index (χ0v) is 12.7. The van der Waals surface area contributed by atoms with Crippen LogP contribution in [0.25, 0.3) is 0 Å². The molecule has 1 heterocycles. The lowest BCUT2D eigenvalue weighted by Gasteiger charge is -2.12. The van der Waals surface area contributed by atoms with Crippen molar-refractivity contribution in [3.63, 3.8) is 0 Å². The van der Waals surface area contributed by atoms with Gasteiger partial charge in [0.05, 0.1) is 13.2 Å². The zero-order chi connectivity index (χ0) is 16.8. The Bertz CT molecular complexity index is 587. The molecule has 2 amide bonds. The average molecular weight is 321 g/mol. The second-order valence-electron chi connectivity index (χ2n) is 5.21. The van der Waals surface area contributed by atoms with E-state index in [1.54, 1.807) is 31.4 Å². The molecule has 0 saturated carbocycles. The Kier molecular flexibility index (Phi) is 5.53. The molecular formula is C15H19N3O5. The monoisotopic (exact) mass is 321 g/mol. The molecule has 8 nitrogen and oxygen atoms in total. The summed E-state index contributed by atoms with van der Waals surface area (Å²) >= 11 is 0. The van der Waals surface area contributed by atoms with Crippen LogP contribution in [0.1, 0.15) is 16.8 Å². The number of methoxy groups -OCH3 is 1. The maximum Gasteiger partial charge on any atom is 0.322 e. The van der Waals surface area contributed by atoms with Crippen LogP contribution in [0.2, 0.25) is 0 Å². The number of ether oxygens (including phenoxy) is 1. The van der Waals surface area contributed by atoms with Crippen LogP contribution in [0, 0.1) is 0 Å². The molecule has 124 valence electrons. The van der Waals surface area contributed by atoms with E-state index in [4.69, 9.17) is 9.84 Å². The molecule has 0 bridgehead atoms. The molecule has 8 heteroatoms. The van der Waals surface area contributed by atoms with Gasteiger partial charge in [-0.3, -0.25) is 14.4 Å². The predicted molar refractivity (Wildman–Crippen MR) is 81.3 cm³/mol. The number of carbonyl (C=O) groups excluding carboxylic acids is 2. The molecule has 1 aliphatic heterocycles. The summed E-state index contributed by atoms with van der Waals surface area (Å²) in [6.07, 6.45) is 0.410. The summed E-state index contributed by atoms with van der Waals surface area (Å²) in [7, 11) is 1.55. The van der Waals surface area contributed by atoms with Gasteiger partial charge in [0.25, 0.3) is 5.91 Å². The van der Waals surface area contributed by atoms with Gasteiger partial charge in [0.1, 0.15) is 12.3 Å². The van der Waals surface area contributed by atoms with Gasteiger partial charge >= 0.3 is 5.97 Å². The molecule has 4 N–H and O–H groups in total. The van der Waals surface area contributed by atoms with Crippen LogP contribution < -0.4 is 20.7 Å². The van der Waals surface area contributed by atoms with Crippen molar-refractivity contribution < 1.29 is 24.2 Å². The SMILES string of the molecule is COc1ccc(C(=O)N[C@H]2CN[C@H](C(=O)NCC(=O)O)C2)cc1. The van der Waals surface area contributed by atoms with Crippen molar-refractivity contribution in [3.05, 3.63) is 29.8 Å². The van der Waals surface area contributed by atoms with E-state index in [9.17, 15) is 14.4 Å². The summed E-state index contributed by atoms with van der Waals surface area (Å²) in [6, 6.07) is 6.02. The Morgan fingerprint density at radius 2 is 2.00 bits per heavy atom. The summed E-state index contributed by atoms with van der Waals surface area (Å²) in [5.41, 5.74) is 0.504. The minimum absolute atomic E-state index is 0.190. The second-order valence-corrected chi connectivity index (χ2v) is 5.21. The largest absolute Gasteiger partial charge is 0.497 e. The van der Waals surface area contributed by atoms with Crippen molar-refractivity contribution in [2.24, 2.45) is 0 Å². The summed E-state index contributed by atoms with van der Waals surface area (Å²) in [6.45, 7) is 0.0347. The van der Waals surface area contributed by atoms with E-state index in [-0.39, 0.29) is 17.9 Å². The Morgan fingerprint density at radius 3 is 2.61 bits per heavy atom. The topological polar surface area (TPSA) is 117 Å². The third-order valence-corrected chi connectivity index (χ3v) is 3.55. The number of carbonyl (C=O) groups is 3. The van der Waals surface area contributed by atoms with Crippen LogP contribution in [0.15, 0.2) is 24.3 Å². The van der Waals surface area contributed by atoms with E-state index in [0.29, 0.717) is 24.3 Å². The molecule has 1 aromatic rings. The van der Waals surface area contributed by atoms with Gasteiger partial charge in [-0.2, -0.15) is 0 Å². The molecule has 1 fully saturated rings. The van der Waals surface area contributed by atoms with E-state index in [1.807, 2.05) is 0 Å². The van der Waals surface area contributed by atoms with Crippen LogP contribution in [0.4, 0.5) is 0 Å². The first-order valence-electron chi connectivity index (χ1n) is 7.17. The highest BCUT2D eigenvalue weighted by molar-refractivity contribution is 5.94. The normalized spacial score (nSPS) is 19.9. The van der Waals surface area contributed by atoms with Gasteiger partial charge in [-0.15, -0.1) is 0 Å². The van der Waals surface area contributed by atoms with Gasteiger partial charge in [-0.25, -0.2) is 0 Å². The fraction of sp³-hybridized carbons (Fsp3) is 0.400. The van der Waals surface area contributed by atoms with E-state index >= 15 is 0 Å². The lowest BCUT2D eigenvalue weighted by Crippen LogP contribution is -2.42. The van der Waals surface area contributed by atoms with Crippen molar-refractivity contribution in [1.29, 1.82) is 0 Å². The van der Waals surface area contributed by atoms with Gasteiger partial charge in [-0.05, 0) is 30.7 Å². The number of carboxylic acids is 1. The van der Waals surface area contributed by atoms with Crippen LogP contribution in [-0.2, 0) is 9.59 Å². The number of hydrogen-bond acceptors (Lipinski definition) is 5. The van der Waals surface area contributed by atoms with Gasteiger partial charge in [0.15, 0.2) is 0 Å². The lowest BCUT2D eigenvalue weighted by atomic mass is 10.1. The molecule has 23 heavy (non-hydrogen) atoms. The minimum Gasteiger partial charge on any atom is -0.497 e. The highest BCUT2D eigenvalue weighted by Crippen LogP contribution is 2.12. The van der Waals surface area contributed by atoms with Crippen LogP contribution in [0.5, 0.6) is 5.75 Å². The summed E-state index contributed by atoms with van der Waals surface area (Å²) in [4.78, 5) is 34.3. The molecule has 0 aliphatic carbocycles. The van der Waals surface area contributed by atoms with E-state index in [1.165, 1.54) is 0 Å². The van der Waals surface area contributed by atoms with Gasteiger partial charge in [0.2, 0.25) is 5.91 Å². The third-order valence-electron chi connectivity index (χ3n) is 3.55. The van der Waals surface area contributed by atoms with Crippen molar-refractivity contribution in [2.45, 2.75) is 18.5 Å². The molecule has 2 atom stereocenters. The number of benzene rings is 1. The zero-order valence-electron chi connectivity index (χ0n) is 12.7. The standard InChI is InChI=1S/C15H19N3O5/c1-23-11-4-2-9(3-5-11)14(21)18-10-6-12(16-7-10)15(22)17-8-13(19)20/h2-5,10,12,16H,6-8H2,1H3,(H,17,22)(H,18,21)(H,19,20)/t10-,12+/m1/s1. The molecule has 0 spiro atoms. The maximum absolute atomic E-state index is 12.1. The van der Waals surface area contributed by atoms with Crippen LogP contribution in [-0.4, -0.2) is 55.2 Å². The highest BCUT2D eigenvalue weighted by atomic mass is 16.5. The number of amides is 2. The third kappa shape index (κ3) is 4.68. The van der Waals surface area contributed by atoms with Crippen molar-refractivity contribution >= 4 is 17.8 Å².